The summed E-state index contributed by atoms with van der Waals surface area (Å²) in [7, 11) is 1.77. The van der Waals surface area contributed by atoms with Crippen LogP contribution in [0.3, 0.4) is 0 Å². The van der Waals surface area contributed by atoms with Gasteiger partial charge in [0, 0.05) is 13.6 Å². The largest absolute Gasteiger partial charge is 0.382 e. The fraction of sp³-hybridized carbons (Fsp3) is 0.667. The Labute approximate surface area is 87.7 Å². The number of aryl methyl sites for hydroxylation is 1. The van der Waals surface area contributed by atoms with Crippen LogP contribution in [0.5, 0.6) is 0 Å². The van der Waals surface area contributed by atoms with Crippen molar-refractivity contribution in [3.05, 3.63) is 16.9 Å². The lowest BCUT2D eigenvalue weighted by atomic mass is 9.94. The molecular formula is C9H14ClN3O. The first-order valence-electron chi connectivity index (χ1n) is 4.70. The average Bonchev–Trinajstić information content (AvgIpc) is 2.94. The molecule has 14 heavy (non-hydrogen) atoms. The van der Waals surface area contributed by atoms with Gasteiger partial charge in [0.1, 0.15) is 5.60 Å². The second kappa shape index (κ2) is 3.22. The molecule has 1 aliphatic rings. The number of hydrogen-bond donors (Lipinski definition) is 2. The fourth-order valence-electron chi connectivity index (χ4n) is 1.92. The van der Waals surface area contributed by atoms with Gasteiger partial charge in [0.05, 0.1) is 16.9 Å². The summed E-state index contributed by atoms with van der Waals surface area (Å²) in [6, 6.07) is 0. The molecule has 0 aromatic carbocycles. The third kappa shape index (κ3) is 1.34. The van der Waals surface area contributed by atoms with Crippen LogP contribution in [0.25, 0.3) is 0 Å². The first kappa shape index (κ1) is 9.96. The molecule has 1 saturated carbocycles. The standard InChI is InChI=1S/C9H14ClN3O/c1-13-8(7(10)4-12-13)9(14,5-11)6-2-3-6/h4,6,14H,2-3,5,11H2,1H3. The number of aromatic nitrogens is 2. The second-order valence-electron chi connectivity index (χ2n) is 3.87. The van der Waals surface area contributed by atoms with Crippen molar-refractivity contribution in [2.24, 2.45) is 18.7 Å². The number of aliphatic hydroxyl groups is 1. The van der Waals surface area contributed by atoms with Crippen LogP contribution < -0.4 is 5.73 Å². The predicted octanol–water partition coefficient (Wildman–Crippen LogP) is 0.630. The zero-order valence-electron chi connectivity index (χ0n) is 8.07. The average molecular weight is 216 g/mol. The lowest BCUT2D eigenvalue weighted by Crippen LogP contribution is -2.39. The highest BCUT2D eigenvalue weighted by molar-refractivity contribution is 6.31. The van der Waals surface area contributed by atoms with Gasteiger partial charge in [-0.15, -0.1) is 0 Å². The summed E-state index contributed by atoms with van der Waals surface area (Å²) in [6.45, 7) is 0.191. The first-order chi connectivity index (χ1) is 6.59. The Bertz CT molecular complexity index is 328. The lowest BCUT2D eigenvalue weighted by molar-refractivity contribution is 0.0144. The van der Waals surface area contributed by atoms with Crippen LogP contribution in [0, 0.1) is 5.92 Å². The van der Waals surface area contributed by atoms with Crippen molar-refractivity contribution in [3.63, 3.8) is 0 Å². The molecule has 0 radical (unpaired) electrons. The van der Waals surface area contributed by atoms with E-state index in [4.69, 9.17) is 17.3 Å². The molecule has 1 aromatic rings. The van der Waals surface area contributed by atoms with Gasteiger partial charge in [0.25, 0.3) is 0 Å². The van der Waals surface area contributed by atoms with Crippen molar-refractivity contribution >= 4 is 11.6 Å². The highest BCUT2D eigenvalue weighted by atomic mass is 35.5. The van der Waals surface area contributed by atoms with Crippen LogP contribution >= 0.6 is 11.6 Å². The molecule has 1 atom stereocenters. The number of halogens is 1. The van der Waals surface area contributed by atoms with E-state index >= 15 is 0 Å². The van der Waals surface area contributed by atoms with Crippen molar-refractivity contribution in [2.75, 3.05) is 6.54 Å². The molecular weight excluding hydrogens is 202 g/mol. The molecule has 5 heteroatoms. The van der Waals surface area contributed by atoms with E-state index in [9.17, 15) is 5.11 Å². The number of nitrogens with two attached hydrogens (primary N) is 1. The predicted molar refractivity (Wildman–Crippen MR) is 53.9 cm³/mol. The molecule has 1 aromatic heterocycles. The molecule has 0 aliphatic heterocycles. The molecule has 1 unspecified atom stereocenters. The van der Waals surface area contributed by atoms with E-state index in [0.717, 1.165) is 12.8 Å². The van der Waals surface area contributed by atoms with E-state index in [1.54, 1.807) is 17.9 Å². The number of rotatable bonds is 3. The second-order valence-corrected chi connectivity index (χ2v) is 4.27. The summed E-state index contributed by atoms with van der Waals surface area (Å²) < 4.78 is 1.60. The SMILES string of the molecule is Cn1ncc(Cl)c1C(O)(CN)C1CC1. The van der Waals surface area contributed by atoms with Gasteiger partial charge in [0.2, 0.25) is 0 Å². The fourth-order valence-corrected chi connectivity index (χ4v) is 2.24. The summed E-state index contributed by atoms with van der Waals surface area (Å²) in [5.41, 5.74) is 5.27. The maximum atomic E-state index is 10.4. The quantitative estimate of drug-likeness (QED) is 0.778. The van der Waals surface area contributed by atoms with Crippen molar-refractivity contribution in [2.45, 2.75) is 18.4 Å². The summed E-state index contributed by atoms with van der Waals surface area (Å²) in [6.07, 6.45) is 3.56. The molecule has 78 valence electrons. The Balaban J connectivity index is 2.44. The van der Waals surface area contributed by atoms with Gasteiger partial charge in [-0.3, -0.25) is 4.68 Å². The molecule has 1 aliphatic carbocycles. The zero-order chi connectivity index (χ0) is 10.3. The smallest absolute Gasteiger partial charge is 0.123 e. The molecule has 0 saturated heterocycles. The van der Waals surface area contributed by atoms with Crippen LogP contribution in [0.4, 0.5) is 0 Å². The Morgan fingerprint density at radius 2 is 2.43 bits per heavy atom. The van der Waals surface area contributed by atoms with Crippen molar-refractivity contribution in [3.8, 4) is 0 Å². The van der Waals surface area contributed by atoms with E-state index in [2.05, 4.69) is 5.10 Å². The van der Waals surface area contributed by atoms with Gasteiger partial charge in [0.15, 0.2) is 0 Å². The molecule has 0 bridgehead atoms. The molecule has 4 nitrogen and oxygen atoms in total. The van der Waals surface area contributed by atoms with Gasteiger partial charge in [-0.05, 0) is 18.8 Å². The summed E-state index contributed by atoms with van der Waals surface area (Å²) in [4.78, 5) is 0. The number of nitrogens with zero attached hydrogens (tertiary/aromatic N) is 2. The maximum Gasteiger partial charge on any atom is 0.123 e. The summed E-state index contributed by atoms with van der Waals surface area (Å²) >= 11 is 5.98. The van der Waals surface area contributed by atoms with Crippen LogP contribution in [-0.2, 0) is 12.6 Å². The molecule has 1 fully saturated rings. The first-order valence-corrected chi connectivity index (χ1v) is 5.08. The van der Waals surface area contributed by atoms with Crippen molar-refractivity contribution < 1.29 is 5.11 Å². The van der Waals surface area contributed by atoms with Crippen molar-refractivity contribution in [1.82, 2.24) is 9.78 Å². The lowest BCUT2D eigenvalue weighted by Gasteiger charge is -2.27. The monoisotopic (exact) mass is 215 g/mol. The van der Waals surface area contributed by atoms with E-state index in [1.807, 2.05) is 0 Å². The number of hydrogen-bond acceptors (Lipinski definition) is 3. The summed E-state index contributed by atoms with van der Waals surface area (Å²) in [5, 5.41) is 14.9. The van der Waals surface area contributed by atoms with Gasteiger partial charge in [-0.2, -0.15) is 5.10 Å². The van der Waals surface area contributed by atoms with Crippen LogP contribution in [0.1, 0.15) is 18.5 Å². The Morgan fingerprint density at radius 3 is 2.79 bits per heavy atom. The Morgan fingerprint density at radius 1 is 1.79 bits per heavy atom. The third-order valence-electron chi connectivity index (χ3n) is 2.87. The van der Waals surface area contributed by atoms with E-state index in [-0.39, 0.29) is 12.5 Å². The highest BCUT2D eigenvalue weighted by Crippen LogP contribution is 2.46. The van der Waals surface area contributed by atoms with E-state index in [0.29, 0.717) is 10.7 Å². The van der Waals surface area contributed by atoms with Crippen LogP contribution in [0.2, 0.25) is 5.02 Å². The van der Waals surface area contributed by atoms with Crippen molar-refractivity contribution in [1.29, 1.82) is 0 Å². The molecule has 1 heterocycles. The van der Waals surface area contributed by atoms with Crippen LogP contribution in [-0.4, -0.2) is 21.4 Å². The van der Waals surface area contributed by atoms with Gasteiger partial charge >= 0.3 is 0 Å². The Kier molecular flexibility index (Phi) is 2.29. The minimum atomic E-state index is -0.998. The molecule has 0 amide bonds. The molecule has 3 N–H and O–H groups in total. The molecule has 2 rings (SSSR count). The van der Waals surface area contributed by atoms with E-state index in [1.165, 1.54) is 0 Å². The minimum absolute atomic E-state index is 0.191. The normalized spacial score (nSPS) is 20.9. The maximum absolute atomic E-state index is 10.4. The highest BCUT2D eigenvalue weighted by Gasteiger charge is 2.47. The zero-order valence-corrected chi connectivity index (χ0v) is 8.83. The van der Waals surface area contributed by atoms with Gasteiger partial charge in [-0.1, -0.05) is 11.6 Å². The topological polar surface area (TPSA) is 64.1 Å². The van der Waals surface area contributed by atoms with Crippen LogP contribution in [0.15, 0.2) is 6.20 Å². The molecule has 0 spiro atoms. The third-order valence-corrected chi connectivity index (χ3v) is 3.14. The minimum Gasteiger partial charge on any atom is -0.382 e. The van der Waals surface area contributed by atoms with E-state index < -0.39 is 5.60 Å². The summed E-state index contributed by atoms with van der Waals surface area (Å²) in [5.74, 6) is 0.236. The van der Waals surface area contributed by atoms with Gasteiger partial charge < -0.3 is 10.8 Å². The Hall–Kier alpha value is -0.580. The van der Waals surface area contributed by atoms with Gasteiger partial charge in [-0.25, -0.2) is 0 Å².